The molecule has 3 rings (SSSR count). The van der Waals surface area contributed by atoms with Crippen molar-refractivity contribution in [2.45, 2.75) is 75.9 Å². The molecule has 1 unspecified atom stereocenters. The zero-order valence-corrected chi connectivity index (χ0v) is 13.1. The molecule has 0 aromatic heterocycles. The summed E-state index contributed by atoms with van der Waals surface area (Å²) >= 11 is 0. The van der Waals surface area contributed by atoms with E-state index in [2.05, 4.69) is 4.90 Å². The standard InChI is InChI=1S/C17H29NO3/c19-16(20)4-3-14-5-10-18(11-6-14)15-7-12-21-17(13-15)8-1-2-9-17/h14-15H,1-13H2,(H,19,20). The van der Waals surface area contributed by atoms with Gasteiger partial charge in [-0.1, -0.05) is 12.8 Å². The van der Waals surface area contributed by atoms with E-state index in [1.807, 2.05) is 0 Å². The molecule has 1 N–H and O–H groups in total. The lowest BCUT2D eigenvalue weighted by molar-refractivity contribution is -0.137. The third-order valence-electron chi connectivity index (χ3n) is 5.91. The van der Waals surface area contributed by atoms with Gasteiger partial charge in [0.05, 0.1) is 5.60 Å². The fourth-order valence-corrected chi connectivity index (χ4v) is 4.62. The van der Waals surface area contributed by atoms with Crippen molar-refractivity contribution in [3.63, 3.8) is 0 Å². The number of carboxylic acids is 1. The van der Waals surface area contributed by atoms with Crippen molar-refractivity contribution in [1.82, 2.24) is 4.90 Å². The topological polar surface area (TPSA) is 49.8 Å². The second-order valence-corrected chi connectivity index (χ2v) is 7.30. The Labute approximate surface area is 127 Å². The molecule has 4 heteroatoms. The molecule has 1 spiro atoms. The molecular formula is C17H29NO3. The van der Waals surface area contributed by atoms with Crippen LogP contribution in [0, 0.1) is 5.92 Å². The van der Waals surface area contributed by atoms with Crippen LogP contribution in [0.2, 0.25) is 0 Å². The Morgan fingerprint density at radius 1 is 1.19 bits per heavy atom. The monoisotopic (exact) mass is 295 g/mol. The first-order valence-electron chi connectivity index (χ1n) is 8.77. The third kappa shape index (κ3) is 3.78. The molecule has 1 aliphatic carbocycles. The first-order valence-corrected chi connectivity index (χ1v) is 8.77. The number of rotatable bonds is 4. The minimum absolute atomic E-state index is 0.211. The normalized spacial score (nSPS) is 30.8. The molecule has 120 valence electrons. The van der Waals surface area contributed by atoms with E-state index in [9.17, 15) is 4.79 Å². The van der Waals surface area contributed by atoms with Gasteiger partial charge in [-0.2, -0.15) is 0 Å². The predicted octanol–water partition coefficient (Wildman–Crippen LogP) is 3.06. The molecule has 0 aromatic carbocycles. The molecule has 0 bridgehead atoms. The average Bonchev–Trinajstić information content (AvgIpc) is 2.93. The predicted molar refractivity (Wildman–Crippen MR) is 81.3 cm³/mol. The molecule has 2 saturated heterocycles. The van der Waals surface area contributed by atoms with Crippen LogP contribution >= 0.6 is 0 Å². The van der Waals surface area contributed by atoms with Crippen LogP contribution in [0.3, 0.4) is 0 Å². The van der Waals surface area contributed by atoms with Gasteiger partial charge in [-0.15, -0.1) is 0 Å². The van der Waals surface area contributed by atoms with Gasteiger partial charge in [-0.3, -0.25) is 4.79 Å². The summed E-state index contributed by atoms with van der Waals surface area (Å²) in [4.78, 5) is 13.3. The van der Waals surface area contributed by atoms with Crippen LogP contribution < -0.4 is 0 Å². The number of nitrogens with zero attached hydrogens (tertiary/aromatic N) is 1. The smallest absolute Gasteiger partial charge is 0.303 e. The third-order valence-corrected chi connectivity index (χ3v) is 5.91. The van der Waals surface area contributed by atoms with E-state index in [1.165, 1.54) is 51.4 Å². The van der Waals surface area contributed by atoms with E-state index in [-0.39, 0.29) is 5.60 Å². The van der Waals surface area contributed by atoms with E-state index in [0.29, 0.717) is 18.4 Å². The Kier molecular flexibility index (Phi) is 4.85. The number of piperidine rings is 1. The Hall–Kier alpha value is -0.610. The number of carboxylic acid groups (broad SMARTS) is 1. The molecule has 2 heterocycles. The van der Waals surface area contributed by atoms with Gasteiger partial charge < -0.3 is 14.7 Å². The molecule has 1 saturated carbocycles. The largest absolute Gasteiger partial charge is 0.481 e. The van der Waals surface area contributed by atoms with Crippen molar-refractivity contribution in [2.75, 3.05) is 19.7 Å². The first kappa shape index (κ1) is 15.3. The van der Waals surface area contributed by atoms with Crippen LogP contribution in [-0.4, -0.2) is 47.3 Å². The number of likely N-dealkylation sites (tertiary alicyclic amines) is 1. The highest BCUT2D eigenvalue weighted by Gasteiger charge is 2.41. The molecule has 0 radical (unpaired) electrons. The van der Waals surface area contributed by atoms with Crippen molar-refractivity contribution in [3.8, 4) is 0 Å². The molecule has 0 amide bonds. The molecule has 21 heavy (non-hydrogen) atoms. The zero-order chi connectivity index (χ0) is 14.7. The SMILES string of the molecule is O=C(O)CCC1CCN(C2CCOC3(CCCC3)C2)CC1. The summed E-state index contributed by atoms with van der Waals surface area (Å²) in [7, 11) is 0. The second kappa shape index (κ2) is 6.66. The highest BCUT2D eigenvalue weighted by atomic mass is 16.5. The fourth-order valence-electron chi connectivity index (χ4n) is 4.62. The zero-order valence-electron chi connectivity index (χ0n) is 13.1. The molecule has 4 nitrogen and oxygen atoms in total. The van der Waals surface area contributed by atoms with Crippen molar-refractivity contribution in [2.24, 2.45) is 5.92 Å². The van der Waals surface area contributed by atoms with Gasteiger partial charge >= 0.3 is 5.97 Å². The van der Waals surface area contributed by atoms with Crippen LogP contribution in [0.15, 0.2) is 0 Å². The van der Waals surface area contributed by atoms with Gasteiger partial charge in [0.15, 0.2) is 0 Å². The maximum Gasteiger partial charge on any atom is 0.303 e. The molecule has 3 fully saturated rings. The number of hydrogen-bond acceptors (Lipinski definition) is 3. The first-order chi connectivity index (χ1) is 10.2. The van der Waals surface area contributed by atoms with Gasteiger partial charge in [-0.05, 0) is 64.0 Å². The van der Waals surface area contributed by atoms with Gasteiger partial charge in [0, 0.05) is 19.1 Å². The summed E-state index contributed by atoms with van der Waals surface area (Å²) in [5.41, 5.74) is 0.211. The van der Waals surface area contributed by atoms with Gasteiger partial charge in [-0.25, -0.2) is 0 Å². The highest BCUT2D eigenvalue weighted by molar-refractivity contribution is 5.66. The van der Waals surface area contributed by atoms with Crippen LogP contribution in [0.1, 0.15) is 64.2 Å². The van der Waals surface area contributed by atoms with Gasteiger partial charge in [0.25, 0.3) is 0 Å². The maximum absolute atomic E-state index is 10.7. The van der Waals surface area contributed by atoms with E-state index in [1.54, 1.807) is 0 Å². The minimum atomic E-state index is -0.648. The Morgan fingerprint density at radius 3 is 2.57 bits per heavy atom. The Morgan fingerprint density at radius 2 is 1.90 bits per heavy atom. The van der Waals surface area contributed by atoms with Crippen LogP contribution in [0.4, 0.5) is 0 Å². The maximum atomic E-state index is 10.7. The van der Waals surface area contributed by atoms with Crippen molar-refractivity contribution >= 4 is 5.97 Å². The number of aliphatic carboxylic acids is 1. The molecule has 3 aliphatic rings. The van der Waals surface area contributed by atoms with Gasteiger partial charge in [0.2, 0.25) is 0 Å². The van der Waals surface area contributed by atoms with Crippen molar-refractivity contribution in [3.05, 3.63) is 0 Å². The Balaban J connectivity index is 1.46. The molecular weight excluding hydrogens is 266 g/mol. The average molecular weight is 295 g/mol. The highest BCUT2D eigenvalue weighted by Crippen LogP contribution is 2.41. The van der Waals surface area contributed by atoms with E-state index in [4.69, 9.17) is 9.84 Å². The summed E-state index contributed by atoms with van der Waals surface area (Å²) in [5, 5.41) is 8.79. The summed E-state index contributed by atoms with van der Waals surface area (Å²) < 4.78 is 6.14. The lowest BCUT2D eigenvalue weighted by atomic mass is 9.85. The lowest BCUT2D eigenvalue weighted by Crippen LogP contribution is -2.49. The van der Waals surface area contributed by atoms with E-state index >= 15 is 0 Å². The summed E-state index contributed by atoms with van der Waals surface area (Å²) in [6, 6.07) is 0.706. The number of ether oxygens (including phenoxy) is 1. The van der Waals surface area contributed by atoms with Crippen LogP contribution in [0.5, 0.6) is 0 Å². The lowest BCUT2D eigenvalue weighted by Gasteiger charge is -2.45. The summed E-state index contributed by atoms with van der Waals surface area (Å²) in [6.45, 7) is 3.25. The quantitative estimate of drug-likeness (QED) is 0.866. The number of carbonyl (C=O) groups is 1. The molecule has 0 aromatic rings. The van der Waals surface area contributed by atoms with E-state index < -0.39 is 5.97 Å². The molecule has 2 aliphatic heterocycles. The minimum Gasteiger partial charge on any atom is -0.481 e. The second-order valence-electron chi connectivity index (χ2n) is 7.30. The van der Waals surface area contributed by atoms with Crippen LogP contribution in [0.25, 0.3) is 0 Å². The van der Waals surface area contributed by atoms with Crippen molar-refractivity contribution < 1.29 is 14.6 Å². The van der Waals surface area contributed by atoms with Crippen molar-refractivity contribution in [1.29, 1.82) is 0 Å². The number of hydrogen-bond donors (Lipinski definition) is 1. The van der Waals surface area contributed by atoms with Crippen LogP contribution in [-0.2, 0) is 9.53 Å². The summed E-state index contributed by atoms with van der Waals surface area (Å²) in [6.07, 6.45) is 11.2. The Bertz CT molecular complexity index is 357. The fraction of sp³-hybridized carbons (Fsp3) is 0.941. The van der Waals surface area contributed by atoms with Gasteiger partial charge in [0.1, 0.15) is 0 Å². The molecule has 1 atom stereocenters. The summed E-state index contributed by atoms with van der Waals surface area (Å²) in [5.74, 6) is -0.0253. The van der Waals surface area contributed by atoms with E-state index in [0.717, 1.165) is 26.1 Å².